The highest BCUT2D eigenvalue weighted by Crippen LogP contribution is 2.12. The van der Waals surface area contributed by atoms with E-state index in [1.807, 2.05) is 10.8 Å². The zero-order chi connectivity index (χ0) is 12.3. The summed E-state index contributed by atoms with van der Waals surface area (Å²) >= 11 is 0. The molecule has 92 valence electrons. The molecule has 1 fully saturated rings. The Morgan fingerprint density at radius 3 is 3.18 bits per heavy atom. The number of aryl methyl sites for hydroxylation is 1. The van der Waals surface area contributed by atoms with Gasteiger partial charge in [0.15, 0.2) is 5.76 Å². The zero-order valence-electron chi connectivity index (χ0n) is 10.2. The van der Waals surface area contributed by atoms with E-state index in [4.69, 9.17) is 4.74 Å². The molecule has 0 spiro atoms. The second-order valence-electron chi connectivity index (χ2n) is 4.12. The van der Waals surface area contributed by atoms with Crippen LogP contribution < -0.4 is 0 Å². The largest absolute Gasteiger partial charge is 0.486 e. The number of rotatable bonds is 3. The van der Waals surface area contributed by atoms with Crippen LogP contribution in [-0.2, 0) is 16.1 Å². The highest BCUT2D eigenvalue weighted by molar-refractivity contribution is 5.95. The molecule has 1 amide bonds. The van der Waals surface area contributed by atoms with Crippen molar-refractivity contribution in [3.63, 3.8) is 0 Å². The number of imidazole rings is 1. The van der Waals surface area contributed by atoms with Gasteiger partial charge in [-0.25, -0.2) is 4.98 Å². The number of carbonyl (C=O) groups is 1. The van der Waals surface area contributed by atoms with E-state index in [0.29, 0.717) is 18.9 Å². The molecule has 0 aromatic carbocycles. The van der Waals surface area contributed by atoms with E-state index < -0.39 is 0 Å². The van der Waals surface area contributed by atoms with Crippen molar-refractivity contribution in [3.05, 3.63) is 24.0 Å². The van der Waals surface area contributed by atoms with Crippen LogP contribution in [0.3, 0.4) is 0 Å². The minimum absolute atomic E-state index is 0.0821. The molecule has 1 aliphatic rings. The van der Waals surface area contributed by atoms with Crippen molar-refractivity contribution in [3.8, 4) is 0 Å². The fraction of sp³-hybridized carbons (Fsp3) is 0.500. The molecule has 1 aromatic heterocycles. The van der Waals surface area contributed by atoms with Gasteiger partial charge in [0.05, 0.1) is 18.6 Å². The van der Waals surface area contributed by atoms with Crippen LogP contribution in [0, 0.1) is 0 Å². The Morgan fingerprint density at radius 2 is 2.41 bits per heavy atom. The third-order valence-electron chi connectivity index (χ3n) is 2.66. The van der Waals surface area contributed by atoms with Gasteiger partial charge in [-0.1, -0.05) is 6.92 Å². The minimum atomic E-state index is -0.0821. The molecule has 2 rings (SSSR count). The normalized spacial score (nSPS) is 18.6. The van der Waals surface area contributed by atoms with E-state index in [1.165, 1.54) is 0 Å². The second kappa shape index (κ2) is 5.03. The molecule has 0 aliphatic carbocycles. The summed E-state index contributed by atoms with van der Waals surface area (Å²) in [4.78, 5) is 17.6. The van der Waals surface area contributed by atoms with E-state index in [0.717, 1.165) is 18.7 Å². The van der Waals surface area contributed by atoms with E-state index in [-0.39, 0.29) is 5.91 Å². The SMILES string of the molecule is CCCn1cnc(/C=C2/OCCN(C)C2=O)c1. The second-order valence-corrected chi connectivity index (χ2v) is 4.12. The Labute approximate surface area is 101 Å². The molecule has 0 bridgehead atoms. The molecule has 2 heterocycles. The Morgan fingerprint density at radius 1 is 1.59 bits per heavy atom. The van der Waals surface area contributed by atoms with Gasteiger partial charge < -0.3 is 14.2 Å². The van der Waals surface area contributed by atoms with Crippen LogP contribution in [0.15, 0.2) is 18.3 Å². The number of nitrogens with zero attached hydrogens (tertiary/aromatic N) is 3. The quantitative estimate of drug-likeness (QED) is 0.738. The topological polar surface area (TPSA) is 47.4 Å². The fourth-order valence-electron chi connectivity index (χ4n) is 1.71. The van der Waals surface area contributed by atoms with Gasteiger partial charge in [-0.2, -0.15) is 0 Å². The molecule has 1 saturated heterocycles. The van der Waals surface area contributed by atoms with Crippen LogP contribution in [-0.4, -0.2) is 40.6 Å². The third-order valence-corrected chi connectivity index (χ3v) is 2.66. The first-order chi connectivity index (χ1) is 8.20. The van der Waals surface area contributed by atoms with Crippen LogP contribution in [0.4, 0.5) is 0 Å². The van der Waals surface area contributed by atoms with Crippen molar-refractivity contribution in [2.75, 3.05) is 20.2 Å². The average Bonchev–Trinajstić information content (AvgIpc) is 2.73. The Hall–Kier alpha value is -1.78. The van der Waals surface area contributed by atoms with Gasteiger partial charge in [-0.05, 0) is 6.42 Å². The molecule has 0 unspecified atom stereocenters. The van der Waals surface area contributed by atoms with Crippen LogP contribution >= 0.6 is 0 Å². The number of amides is 1. The number of carbonyl (C=O) groups excluding carboxylic acids is 1. The number of hydrogen-bond donors (Lipinski definition) is 0. The molecule has 0 atom stereocenters. The van der Waals surface area contributed by atoms with Gasteiger partial charge in [0.25, 0.3) is 5.91 Å². The molecule has 1 aliphatic heterocycles. The molecule has 17 heavy (non-hydrogen) atoms. The third kappa shape index (κ3) is 2.67. The summed E-state index contributed by atoms with van der Waals surface area (Å²) in [5.74, 6) is 0.293. The van der Waals surface area contributed by atoms with Gasteiger partial charge in [-0.15, -0.1) is 0 Å². The highest BCUT2D eigenvalue weighted by atomic mass is 16.5. The molecule has 5 heteroatoms. The summed E-state index contributed by atoms with van der Waals surface area (Å²) in [6, 6.07) is 0. The van der Waals surface area contributed by atoms with E-state index in [2.05, 4.69) is 11.9 Å². The lowest BCUT2D eigenvalue weighted by molar-refractivity contribution is -0.133. The lowest BCUT2D eigenvalue weighted by atomic mass is 10.3. The smallest absolute Gasteiger partial charge is 0.288 e. The molecule has 0 N–H and O–H groups in total. The van der Waals surface area contributed by atoms with E-state index in [1.54, 1.807) is 24.4 Å². The standard InChI is InChI=1S/C12H17N3O2/c1-3-4-15-8-10(13-9-15)7-11-12(16)14(2)5-6-17-11/h7-9H,3-6H2,1-2H3/b11-7+. The van der Waals surface area contributed by atoms with Crippen LogP contribution in [0.2, 0.25) is 0 Å². The summed E-state index contributed by atoms with van der Waals surface area (Å²) in [5, 5.41) is 0. The van der Waals surface area contributed by atoms with Crippen molar-refractivity contribution < 1.29 is 9.53 Å². The van der Waals surface area contributed by atoms with Crippen molar-refractivity contribution in [2.45, 2.75) is 19.9 Å². The predicted molar refractivity (Wildman–Crippen MR) is 64.1 cm³/mol. The van der Waals surface area contributed by atoms with Crippen LogP contribution in [0.5, 0.6) is 0 Å². The lowest BCUT2D eigenvalue weighted by Gasteiger charge is -2.24. The van der Waals surface area contributed by atoms with Gasteiger partial charge in [-0.3, -0.25) is 4.79 Å². The summed E-state index contributed by atoms with van der Waals surface area (Å²) in [6.45, 7) is 4.23. The summed E-state index contributed by atoms with van der Waals surface area (Å²) in [7, 11) is 1.77. The molecule has 1 aromatic rings. The first-order valence-electron chi connectivity index (χ1n) is 5.82. The van der Waals surface area contributed by atoms with Gasteiger partial charge in [0.1, 0.15) is 6.61 Å². The maximum atomic E-state index is 11.8. The first-order valence-corrected chi connectivity index (χ1v) is 5.82. The van der Waals surface area contributed by atoms with Gasteiger partial charge >= 0.3 is 0 Å². The number of ether oxygens (including phenoxy) is 1. The maximum absolute atomic E-state index is 11.8. The van der Waals surface area contributed by atoms with Crippen LogP contribution in [0.25, 0.3) is 6.08 Å². The maximum Gasteiger partial charge on any atom is 0.288 e. The molecule has 5 nitrogen and oxygen atoms in total. The number of morpholine rings is 1. The zero-order valence-corrected chi connectivity index (χ0v) is 10.2. The first kappa shape index (κ1) is 11.7. The fourth-order valence-corrected chi connectivity index (χ4v) is 1.71. The average molecular weight is 235 g/mol. The minimum Gasteiger partial charge on any atom is -0.486 e. The van der Waals surface area contributed by atoms with Crippen molar-refractivity contribution in [1.82, 2.24) is 14.5 Å². The molecular formula is C12H17N3O2. The van der Waals surface area contributed by atoms with E-state index >= 15 is 0 Å². The number of aromatic nitrogens is 2. The van der Waals surface area contributed by atoms with Crippen LogP contribution in [0.1, 0.15) is 19.0 Å². The monoisotopic (exact) mass is 235 g/mol. The summed E-state index contributed by atoms with van der Waals surface area (Å²) < 4.78 is 7.36. The van der Waals surface area contributed by atoms with Crippen molar-refractivity contribution in [1.29, 1.82) is 0 Å². The van der Waals surface area contributed by atoms with Gasteiger partial charge in [0.2, 0.25) is 0 Å². The predicted octanol–water partition coefficient (Wildman–Crippen LogP) is 1.12. The number of hydrogen-bond acceptors (Lipinski definition) is 3. The van der Waals surface area contributed by atoms with Gasteiger partial charge in [0, 0.05) is 25.9 Å². The molecule has 0 saturated carbocycles. The number of likely N-dealkylation sites (N-methyl/N-ethyl adjacent to an activating group) is 1. The van der Waals surface area contributed by atoms with Crippen molar-refractivity contribution in [2.24, 2.45) is 0 Å². The van der Waals surface area contributed by atoms with Crippen molar-refractivity contribution >= 4 is 12.0 Å². The van der Waals surface area contributed by atoms with E-state index in [9.17, 15) is 4.79 Å². The Kier molecular flexibility index (Phi) is 3.46. The Balaban J connectivity index is 2.14. The lowest BCUT2D eigenvalue weighted by Crippen LogP contribution is -2.37. The highest BCUT2D eigenvalue weighted by Gasteiger charge is 2.21. The molecule has 0 radical (unpaired) electrons. The molecular weight excluding hydrogens is 218 g/mol. The Bertz CT molecular complexity index is 437. The summed E-state index contributed by atoms with van der Waals surface area (Å²) in [5.41, 5.74) is 0.761. The summed E-state index contributed by atoms with van der Waals surface area (Å²) in [6.07, 6.45) is 6.45.